The second-order valence-corrected chi connectivity index (χ2v) is 8.37. The van der Waals surface area contributed by atoms with Crippen molar-refractivity contribution < 1.29 is 13.2 Å². The minimum Gasteiger partial charge on any atom is -0.371 e. The second kappa shape index (κ2) is 7.09. The van der Waals surface area contributed by atoms with Crippen LogP contribution in [0.3, 0.4) is 0 Å². The molecule has 1 aromatic carbocycles. The van der Waals surface area contributed by atoms with Crippen LogP contribution in [0.15, 0.2) is 24.3 Å². The van der Waals surface area contributed by atoms with Gasteiger partial charge in [-0.3, -0.25) is 4.90 Å². The van der Waals surface area contributed by atoms with Gasteiger partial charge < -0.3 is 4.74 Å². The molecule has 1 heterocycles. The molecule has 0 spiro atoms. The van der Waals surface area contributed by atoms with Crippen LogP contribution in [0.5, 0.6) is 0 Å². The molecule has 21 heavy (non-hydrogen) atoms. The van der Waals surface area contributed by atoms with Gasteiger partial charge in [-0.05, 0) is 24.6 Å². The van der Waals surface area contributed by atoms with Gasteiger partial charge in [0.05, 0.1) is 18.5 Å². The van der Waals surface area contributed by atoms with E-state index in [2.05, 4.69) is 11.8 Å². The molecule has 1 fully saturated rings. The van der Waals surface area contributed by atoms with Gasteiger partial charge in [-0.25, -0.2) is 8.42 Å². The third-order valence-corrected chi connectivity index (χ3v) is 5.83. The maximum absolute atomic E-state index is 11.7. The third kappa shape index (κ3) is 4.68. The van der Waals surface area contributed by atoms with Crippen LogP contribution < -0.4 is 0 Å². The van der Waals surface area contributed by atoms with Crippen LogP contribution in [-0.2, 0) is 14.6 Å². The Labute approximate surface area is 132 Å². The molecule has 0 amide bonds. The van der Waals surface area contributed by atoms with Crippen LogP contribution in [0.1, 0.15) is 25.5 Å². The lowest BCUT2D eigenvalue weighted by atomic mass is 10.1. The first-order valence-corrected chi connectivity index (χ1v) is 9.43. The first-order chi connectivity index (χ1) is 9.91. The van der Waals surface area contributed by atoms with E-state index in [9.17, 15) is 8.42 Å². The number of morpholine rings is 1. The number of rotatable bonds is 5. The average Bonchev–Trinajstić information content (AvgIpc) is 2.46. The smallest absolute Gasteiger partial charge is 0.151 e. The number of nitrogens with zero attached hydrogens (tertiary/aromatic N) is 1. The Morgan fingerprint density at radius 3 is 2.86 bits per heavy atom. The van der Waals surface area contributed by atoms with Crippen molar-refractivity contribution in [2.24, 2.45) is 0 Å². The molecule has 0 radical (unpaired) electrons. The van der Waals surface area contributed by atoms with Crippen molar-refractivity contribution in [3.8, 4) is 0 Å². The predicted molar refractivity (Wildman–Crippen MR) is 85.5 cm³/mol. The van der Waals surface area contributed by atoms with Gasteiger partial charge in [-0.2, -0.15) is 0 Å². The van der Waals surface area contributed by atoms with Crippen molar-refractivity contribution >= 4 is 21.4 Å². The molecule has 0 unspecified atom stereocenters. The number of ether oxygens (including phenoxy) is 1. The summed E-state index contributed by atoms with van der Waals surface area (Å²) in [5, 5.41) is 0.690. The standard InChI is InChI=1S/C15H22ClNO3S/c1-3-21(18,19)8-7-17-10-15(20-11-12(17)2)13-5-4-6-14(16)9-13/h4-6,9,12,15H,3,7-8,10-11H2,1-2H3/t12-,15+/m1/s1. The molecule has 4 nitrogen and oxygen atoms in total. The summed E-state index contributed by atoms with van der Waals surface area (Å²) in [5.41, 5.74) is 1.04. The highest BCUT2D eigenvalue weighted by atomic mass is 35.5. The predicted octanol–water partition coefficient (Wildman–Crippen LogP) is 2.54. The Morgan fingerprint density at radius 1 is 1.43 bits per heavy atom. The molecule has 2 rings (SSSR count). The van der Waals surface area contributed by atoms with Crippen molar-refractivity contribution in [2.75, 3.05) is 31.2 Å². The summed E-state index contributed by atoms with van der Waals surface area (Å²) in [6.45, 7) is 5.60. The number of hydrogen-bond donors (Lipinski definition) is 0. The molecule has 0 saturated carbocycles. The number of benzene rings is 1. The van der Waals surface area contributed by atoms with Crippen LogP contribution in [-0.4, -0.2) is 50.6 Å². The van der Waals surface area contributed by atoms with Crippen molar-refractivity contribution in [3.63, 3.8) is 0 Å². The van der Waals surface area contributed by atoms with E-state index in [-0.39, 0.29) is 23.7 Å². The van der Waals surface area contributed by atoms with Gasteiger partial charge in [0.15, 0.2) is 9.84 Å². The zero-order valence-corrected chi connectivity index (χ0v) is 14.0. The van der Waals surface area contributed by atoms with E-state index >= 15 is 0 Å². The van der Waals surface area contributed by atoms with Crippen LogP contribution in [0, 0.1) is 0 Å². The number of halogens is 1. The van der Waals surface area contributed by atoms with Gasteiger partial charge in [0, 0.05) is 29.9 Å². The Kier molecular flexibility index (Phi) is 5.66. The van der Waals surface area contributed by atoms with Crippen LogP contribution >= 0.6 is 11.6 Å². The van der Waals surface area contributed by atoms with Crippen LogP contribution in [0.4, 0.5) is 0 Å². The molecule has 0 N–H and O–H groups in total. The van der Waals surface area contributed by atoms with Gasteiger partial charge in [-0.1, -0.05) is 30.7 Å². The molecule has 2 atom stereocenters. The van der Waals surface area contributed by atoms with E-state index in [1.165, 1.54) is 0 Å². The quantitative estimate of drug-likeness (QED) is 0.832. The van der Waals surface area contributed by atoms with E-state index < -0.39 is 9.84 Å². The highest BCUT2D eigenvalue weighted by molar-refractivity contribution is 7.91. The third-order valence-electron chi connectivity index (χ3n) is 3.91. The minimum absolute atomic E-state index is 0.0516. The normalized spacial score (nSPS) is 24.1. The molecule has 118 valence electrons. The second-order valence-electron chi connectivity index (χ2n) is 5.46. The van der Waals surface area contributed by atoms with Crippen LogP contribution in [0.2, 0.25) is 5.02 Å². The van der Waals surface area contributed by atoms with E-state index in [4.69, 9.17) is 16.3 Å². The van der Waals surface area contributed by atoms with Crippen molar-refractivity contribution in [3.05, 3.63) is 34.9 Å². The summed E-state index contributed by atoms with van der Waals surface area (Å²) in [6.07, 6.45) is -0.0516. The first-order valence-electron chi connectivity index (χ1n) is 7.23. The molecule has 1 aromatic rings. The Bertz CT molecular complexity index is 576. The lowest BCUT2D eigenvalue weighted by Gasteiger charge is -2.38. The molecule has 6 heteroatoms. The van der Waals surface area contributed by atoms with E-state index in [1.807, 2.05) is 24.3 Å². The Morgan fingerprint density at radius 2 is 2.19 bits per heavy atom. The molecular formula is C15H22ClNO3S. The van der Waals surface area contributed by atoms with Gasteiger partial charge >= 0.3 is 0 Å². The highest BCUT2D eigenvalue weighted by Crippen LogP contribution is 2.26. The van der Waals surface area contributed by atoms with E-state index in [1.54, 1.807) is 6.92 Å². The molecule has 0 bridgehead atoms. The largest absolute Gasteiger partial charge is 0.371 e. The monoisotopic (exact) mass is 331 g/mol. The van der Waals surface area contributed by atoms with Gasteiger partial charge in [-0.15, -0.1) is 0 Å². The lowest BCUT2D eigenvalue weighted by Crippen LogP contribution is -2.46. The molecule has 1 saturated heterocycles. The van der Waals surface area contributed by atoms with Gasteiger partial charge in [0.2, 0.25) is 0 Å². The van der Waals surface area contributed by atoms with Crippen molar-refractivity contribution in [2.45, 2.75) is 26.0 Å². The maximum Gasteiger partial charge on any atom is 0.151 e. The Balaban J connectivity index is 2.02. The molecule has 0 aromatic heterocycles. The topological polar surface area (TPSA) is 46.6 Å². The SMILES string of the molecule is CCS(=O)(=O)CCN1C[C@@H](c2cccc(Cl)c2)OC[C@H]1C. The fraction of sp³-hybridized carbons (Fsp3) is 0.600. The summed E-state index contributed by atoms with van der Waals surface area (Å²) in [7, 11) is -2.93. The van der Waals surface area contributed by atoms with E-state index in [0.717, 1.165) is 5.56 Å². The average molecular weight is 332 g/mol. The zero-order valence-electron chi connectivity index (χ0n) is 12.5. The minimum atomic E-state index is -2.93. The fourth-order valence-electron chi connectivity index (χ4n) is 2.43. The highest BCUT2D eigenvalue weighted by Gasteiger charge is 2.27. The van der Waals surface area contributed by atoms with Crippen molar-refractivity contribution in [1.29, 1.82) is 0 Å². The van der Waals surface area contributed by atoms with Crippen molar-refractivity contribution in [1.82, 2.24) is 4.90 Å². The van der Waals surface area contributed by atoms with Crippen LogP contribution in [0.25, 0.3) is 0 Å². The summed E-state index contributed by atoms with van der Waals surface area (Å²) < 4.78 is 29.2. The molecular weight excluding hydrogens is 310 g/mol. The molecule has 1 aliphatic heterocycles. The summed E-state index contributed by atoms with van der Waals surface area (Å²) in [4.78, 5) is 2.18. The summed E-state index contributed by atoms with van der Waals surface area (Å²) >= 11 is 6.02. The lowest BCUT2D eigenvalue weighted by molar-refractivity contribution is -0.0577. The summed E-state index contributed by atoms with van der Waals surface area (Å²) in [5.74, 6) is 0.402. The number of hydrogen-bond acceptors (Lipinski definition) is 4. The molecule has 0 aliphatic carbocycles. The summed E-state index contributed by atoms with van der Waals surface area (Å²) in [6, 6.07) is 7.87. The maximum atomic E-state index is 11.7. The fourth-order valence-corrected chi connectivity index (χ4v) is 3.43. The Hall–Kier alpha value is -0.620. The van der Waals surface area contributed by atoms with Gasteiger partial charge in [0.1, 0.15) is 0 Å². The first kappa shape index (κ1) is 16.7. The van der Waals surface area contributed by atoms with E-state index in [0.29, 0.717) is 24.7 Å². The number of sulfone groups is 1. The zero-order chi connectivity index (χ0) is 15.5. The molecule has 1 aliphatic rings. The van der Waals surface area contributed by atoms with Gasteiger partial charge in [0.25, 0.3) is 0 Å².